The van der Waals surface area contributed by atoms with Crippen LogP contribution in [0.25, 0.3) is 6.08 Å². The van der Waals surface area contributed by atoms with Crippen LogP contribution in [0.1, 0.15) is 19.4 Å². The minimum atomic E-state index is -0.612. The molecular formula is C17H19BrN4O3. The summed E-state index contributed by atoms with van der Waals surface area (Å²) in [4.78, 5) is 36.7. The molecule has 0 fully saturated rings. The van der Waals surface area contributed by atoms with Crippen LogP contribution in [0.5, 0.6) is 0 Å². The molecule has 0 saturated heterocycles. The fourth-order valence-electron chi connectivity index (χ4n) is 2.36. The molecular weight excluding hydrogens is 388 g/mol. The summed E-state index contributed by atoms with van der Waals surface area (Å²) >= 11 is 3.35. The van der Waals surface area contributed by atoms with Crippen molar-refractivity contribution < 1.29 is 4.79 Å². The second-order valence-corrected chi connectivity index (χ2v) is 6.13. The van der Waals surface area contributed by atoms with Gasteiger partial charge in [-0.05, 0) is 37.6 Å². The molecule has 1 heterocycles. The third-order valence-electron chi connectivity index (χ3n) is 3.62. The highest BCUT2D eigenvalue weighted by Crippen LogP contribution is 2.14. The van der Waals surface area contributed by atoms with E-state index < -0.39 is 17.2 Å². The van der Waals surface area contributed by atoms with E-state index in [1.807, 2.05) is 24.3 Å². The van der Waals surface area contributed by atoms with E-state index in [1.165, 1.54) is 10.6 Å². The van der Waals surface area contributed by atoms with Gasteiger partial charge in [-0.1, -0.05) is 28.1 Å². The lowest BCUT2D eigenvalue weighted by molar-refractivity contribution is -0.111. The maximum absolute atomic E-state index is 12.4. The minimum absolute atomic E-state index is 0.0496. The van der Waals surface area contributed by atoms with Gasteiger partial charge in [0, 0.05) is 23.6 Å². The van der Waals surface area contributed by atoms with Crippen molar-refractivity contribution in [3.05, 3.63) is 61.2 Å². The first kappa shape index (κ1) is 18.7. The first-order chi connectivity index (χ1) is 11.9. The zero-order chi connectivity index (χ0) is 18.6. The van der Waals surface area contributed by atoms with Gasteiger partial charge in [0.25, 0.3) is 5.56 Å². The quantitative estimate of drug-likeness (QED) is 0.742. The van der Waals surface area contributed by atoms with Gasteiger partial charge in [-0.25, -0.2) is 4.79 Å². The van der Waals surface area contributed by atoms with Crippen molar-refractivity contribution in [1.82, 2.24) is 9.13 Å². The number of nitrogens with one attached hydrogen (secondary N) is 1. The first-order valence-electron chi connectivity index (χ1n) is 7.76. The number of carbonyl (C=O) groups is 1. The highest BCUT2D eigenvalue weighted by molar-refractivity contribution is 9.10. The number of benzene rings is 1. The summed E-state index contributed by atoms with van der Waals surface area (Å²) in [7, 11) is 0. The average Bonchev–Trinajstić information content (AvgIpc) is 2.58. The summed E-state index contributed by atoms with van der Waals surface area (Å²) in [6.07, 6.45) is 2.92. The number of nitrogens with two attached hydrogens (primary N) is 1. The van der Waals surface area contributed by atoms with Gasteiger partial charge < -0.3 is 11.1 Å². The maximum atomic E-state index is 12.4. The monoisotopic (exact) mass is 406 g/mol. The van der Waals surface area contributed by atoms with E-state index >= 15 is 0 Å². The second kappa shape index (κ2) is 7.98. The maximum Gasteiger partial charge on any atom is 0.332 e. The predicted molar refractivity (Wildman–Crippen MR) is 103 cm³/mol. The molecule has 2 rings (SSSR count). The molecule has 132 valence electrons. The number of rotatable bonds is 5. The molecule has 1 aromatic carbocycles. The van der Waals surface area contributed by atoms with E-state index in [0.717, 1.165) is 14.6 Å². The molecule has 0 atom stereocenters. The van der Waals surface area contributed by atoms with Crippen LogP contribution in [0.4, 0.5) is 11.5 Å². The molecule has 1 aromatic heterocycles. The molecule has 0 bridgehead atoms. The van der Waals surface area contributed by atoms with Crippen LogP contribution in [-0.2, 0) is 17.9 Å². The van der Waals surface area contributed by atoms with Crippen molar-refractivity contribution in [1.29, 1.82) is 0 Å². The number of anilines is 2. The standard InChI is InChI=1S/C17H19BrN4O3/c1-3-21-15(19)14(16(24)22(4-2)17(21)25)20-13(23)9-8-11-6-5-7-12(18)10-11/h5-10H,3-4,19H2,1-2H3,(H,20,23)/b9-8+. The topological polar surface area (TPSA) is 99.1 Å². The molecule has 2 aromatic rings. The van der Waals surface area contributed by atoms with E-state index in [-0.39, 0.29) is 18.1 Å². The van der Waals surface area contributed by atoms with Gasteiger partial charge in [-0.3, -0.25) is 18.7 Å². The summed E-state index contributed by atoms with van der Waals surface area (Å²) < 4.78 is 3.17. The molecule has 8 heteroatoms. The van der Waals surface area contributed by atoms with Crippen molar-refractivity contribution in [2.24, 2.45) is 0 Å². The Hall–Kier alpha value is -2.61. The van der Waals surface area contributed by atoms with Crippen LogP contribution in [0.2, 0.25) is 0 Å². The smallest absolute Gasteiger partial charge is 0.332 e. The second-order valence-electron chi connectivity index (χ2n) is 5.21. The van der Waals surface area contributed by atoms with Crippen molar-refractivity contribution in [3.63, 3.8) is 0 Å². The van der Waals surface area contributed by atoms with Crippen LogP contribution in [-0.4, -0.2) is 15.0 Å². The minimum Gasteiger partial charge on any atom is -0.383 e. The SMILES string of the molecule is CCn1c(N)c(NC(=O)/C=C/c2cccc(Br)c2)c(=O)n(CC)c1=O. The molecule has 0 spiro atoms. The van der Waals surface area contributed by atoms with Crippen LogP contribution in [0, 0.1) is 0 Å². The van der Waals surface area contributed by atoms with Crippen molar-refractivity contribution in [2.45, 2.75) is 26.9 Å². The third-order valence-corrected chi connectivity index (χ3v) is 4.12. The van der Waals surface area contributed by atoms with E-state index in [1.54, 1.807) is 19.9 Å². The number of hydrogen-bond acceptors (Lipinski definition) is 4. The summed E-state index contributed by atoms with van der Waals surface area (Å²) in [5.41, 5.74) is 5.53. The Labute approximate surface area is 152 Å². The summed E-state index contributed by atoms with van der Waals surface area (Å²) in [6, 6.07) is 7.40. The van der Waals surface area contributed by atoms with Crippen LogP contribution < -0.4 is 22.3 Å². The third kappa shape index (κ3) is 4.08. The number of carbonyl (C=O) groups excluding carboxylic acids is 1. The van der Waals surface area contributed by atoms with Gasteiger partial charge in [-0.15, -0.1) is 0 Å². The highest BCUT2D eigenvalue weighted by Gasteiger charge is 2.16. The Bertz CT molecular complexity index is 944. The molecule has 25 heavy (non-hydrogen) atoms. The van der Waals surface area contributed by atoms with E-state index in [0.29, 0.717) is 6.54 Å². The van der Waals surface area contributed by atoms with Crippen LogP contribution in [0.3, 0.4) is 0 Å². The lowest BCUT2D eigenvalue weighted by Crippen LogP contribution is -2.42. The largest absolute Gasteiger partial charge is 0.383 e. The van der Waals surface area contributed by atoms with Gasteiger partial charge in [-0.2, -0.15) is 0 Å². The van der Waals surface area contributed by atoms with Crippen molar-refractivity contribution in [3.8, 4) is 0 Å². The van der Waals surface area contributed by atoms with Gasteiger partial charge >= 0.3 is 5.69 Å². The molecule has 0 aliphatic rings. The lowest BCUT2D eigenvalue weighted by atomic mass is 10.2. The Kier molecular flexibility index (Phi) is 5.97. The number of nitrogens with zero attached hydrogens (tertiary/aromatic N) is 2. The molecule has 7 nitrogen and oxygen atoms in total. The fraction of sp³-hybridized carbons (Fsp3) is 0.235. The fourth-order valence-corrected chi connectivity index (χ4v) is 2.78. The molecule has 0 aliphatic heterocycles. The van der Waals surface area contributed by atoms with Gasteiger partial charge in [0.2, 0.25) is 5.91 Å². The zero-order valence-corrected chi connectivity index (χ0v) is 15.5. The zero-order valence-electron chi connectivity index (χ0n) is 14.0. The predicted octanol–water partition coefficient (Wildman–Crippen LogP) is 2.05. The van der Waals surface area contributed by atoms with Gasteiger partial charge in [0.15, 0.2) is 0 Å². The first-order valence-corrected chi connectivity index (χ1v) is 8.56. The number of hydrogen-bond donors (Lipinski definition) is 2. The Balaban J connectivity index is 2.35. The van der Waals surface area contributed by atoms with Gasteiger partial charge in [0.05, 0.1) is 0 Å². The Morgan fingerprint density at radius 1 is 1.24 bits per heavy atom. The normalized spacial score (nSPS) is 11.0. The number of nitrogen functional groups attached to an aromatic ring is 1. The molecule has 0 radical (unpaired) electrons. The Morgan fingerprint density at radius 3 is 2.52 bits per heavy atom. The lowest BCUT2D eigenvalue weighted by Gasteiger charge is -2.14. The summed E-state index contributed by atoms with van der Waals surface area (Å²) in [5.74, 6) is -0.556. The number of amides is 1. The average molecular weight is 407 g/mol. The van der Waals surface area contributed by atoms with Crippen LogP contribution in [0.15, 0.2) is 44.4 Å². The summed E-state index contributed by atoms with van der Waals surface area (Å²) in [5, 5.41) is 2.48. The highest BCUT2D eigenvalue weighted by atomic mass is 79.9. The molecule has 0 unspecified atom stereocenters. The molecule has 0 saturated carbocycles. The van der Waals surface area contributed by atoms with E-state index in [2.05, 4.69) is 21.2 Å². The van der Waals surface area contributed by atoms with Crippen molar-refractivity contribution in [2.75, 3.05) is 11.1 Å². The molecule has 1 amide bonds. The van der Waals surface area contributed by atoms with Crippen LogP contribution >= 0.6 is 15.9 Å². The Morgan fingerprint density at radius 2 is 1.92 bits per heavy atom. The number of aromatic nitrogens is 2. The van der Waals surface area contributed by atoms with E-state index in [4.69, 9.17) is 5.73 Å². The molecule has 3 N–H and O–H groups in total. The molecule has 0 aliphatic carbocycles. The number of halogens is 1. The van der Waals surface area contributed by atoms with Crippen molar-refractivity contribution >= 4 is 39.4 Å². The van der Waals surface area contributed by atoms with Gasteiger partial charge in [0.1, 0.15) is 11.5 Å². The summed E-state index contributed by atoms with van der Waals surface area (Å²) in [6.45, 7) is 3.90. The van der Waals surface area contributed by atoms with E-state index in [9.17, 15) is 14.4 Å².